The summed E-state index contributed by atoms with van der Waals surface area (Å²) in [5, 5.41) is 11.5. The molecule has 0 saturated heterocycles. The van der Waals surface area contributed by atoms with E-state index in [2.05, 4.69) is 36.4 Å². The summed E-state index contributed by atoms with van der Waals surface area (Å²) in [4.78, 5) is 0. The second-order valence-corrected chi connectivity index (χ2v) is 7.03. The van der Waals surface area contributed by atoms with Crippen LogP contribution in [0.3, 0.4) is 0 Å². The topological polar surface area (TPSA) is 52.0 Å². The number of ether oxygens (including phenoxy) is 1. The first-order chi connectivity index (χ1) is 8.51. The van der Waals surface area contributed by atoms with Crippen molar-refractivity contribution in [2.24, 2.45) is 0 Å². The van der Waals surface area contributed by atoms with Gasteiger partial charge in [0.05, 0.1) is 18.8 Å². The van der Waals surface area contributed by atoms with Crippen molar-refractivity contribution in [3.05, 3.63) is 11.9 Å². The molecule has 1 aromatic rings. The third kappa shape index (κ3) is 6.98. The number of thioether (sulfide) groups is 1. The van der Waals surface area contributed by atoms with E-state index >= 15 is 0 Å². The van der Waals surface area contributed by atoms with Gasteiger partial charge in [0.25, 0.3) is 0 Å². The summed E-state index contributed by atoms with van der Waals surface area (Å²) in [6.45, 7) is 9.89. The van der Waals surface area contributed by atoms with Crippen molar-refractivity contribution in [2.45, 2.75) is 38.6 Å². The molecule has 1 N–H and O–H groups in total. The second kappa shape index (κ2) is 7.76. The molecular formula is C12H24N4OS. The average molecular weight is 272 g/mol. The summed E-state index contributed by atoms with van der Waals surface area (Å²) >= 11 is 1.94. The van der Waals surface area contributed by atoms with E-state index in [1.165, 1.54) is 0 Å². The van der Waals surface area contributed by atoms with Crippen LogP contribution in [0.25, 0.3) is 0 Å². The fourth-order valence-corrected chi connectivity index (χ4v) is 2.26. The summed E-state index contributed by atoms with van der Waals surface area (Å²) in [6, 6.07) is 0. The van der Waals surface area contributed by atoms with Gasteiger partial charge in [-0.3, -0.25) is 4.68 Å². The van der Waals surface area contributed by atoms with Gasteiger partial charge in [0.1, 0.15) is 0 Å². The third-order valence-corrected chi connectivity index (χ3v) is 3.48. The Morgan fingerprint density at radius 3 is 2.89 bits per heavy atom. The molecule has 1 heterocycles. The molecule has 0 aromatic carbocycles. The summed E-state index contributed by atoms with van der Waals surface area (Å²) in [5.74, 6) is 1.06. The number of aryl methyl sites for hydroxylation is 1. The van der Waals surface area contributed by atoms with Crippen molar-refractivity contribution in [1.82, 2.24) is 20.3 Å². The lowest BCUT2D eigenvalue weighted by Crippen LogP contribution is -2.18. The smallest absolute Gasteiger partial charge is 0.0964 e. The van der Waals surface area contributed by atoms with Crippen molar-refractivity contribution >= 4 is 11.8 Å². The number of nitrogens with zero attached hydrogens (tertiary/aromatic N) is 3. The number of hydrogen-bond acceptors (Lipinski definition) is 5. The predicted molar refractivity (Wildman–Crippen MR) is 75.8 cm³/mol. The van der Waals surface area contributed by atoms with Gasteiger partial charge in [0, 0.05) is 36.9 Å². The van der Waals surface area contributed by atoms with Crippen molar-refractivity contribution in [2.75, 3.05) is 26.0 Å². The van der Waals surface area contributed by atoms with E-state index in [1.54, 1.807) is 7.11 Å². The molecule has 1 rings (SSSR count). The fraction of sp³-hybridized carbons (Fsp3) is 0.833. The van der Waals surface area contributed by atoms with E-state index in [1.807, 2.05) is 22.6 Å². The maximum Gasteiger partial charge on any atom is 0.0964 e. The molecule has 0 bridgehead atoms. The Kier molecular flexibility index (Phi) is 6.67. The van der Waals surface area contributed by atoms with Gasteiger partial charge in [0.15, 0.2) is 0 Å². The second-order valence-electron chi connectivity index (χ2n) is 5.10. The molecule has 18 heavy (non-hydrogen) atoms. The van der Waals surface area contributed by atoms with E-state index in [4.69, 9.17) is 4.74 Å². The zero-order valence-electron chi connectivity index (χ0n) is 11.8. The highest BCUT2D eigenvalue weighted by Gasteiger charge is 2.10. The highest BCUT2D eigenvalue weighted by molar-refractivity contribution is 8.00. The summed E-state index contributed by atoms with van der Waals surface area (Å²) < 4.78 is 7.18. The molecule has 104 valence electrons. The molecule has 0 fully saturated rings. The van der Waals surface area contributed by atoms with Crippen LogP contribution in [0.2, 0.25) is 0 Å². The average Bonchev–Trinajstić information content (AvgIpc) is 2.71. The normalized spacial score (nSPS) is 12.0. The zero-order chi connectivity index (χ0) is 13.4. The minimum absolute atomic E-state index is 0.311. The van der Waals surface area contributed by atoms with Crippen LogP contribution in [0, 0.1) is 0 Å². The van der Waals surface area contributed by atoms with Gasteiger partial charge in [-0.1, -0.05) is 26.0 Å². The first kappa shape index (κ1) is 15.5. The van der Waals surface area contributed by atoms with E-state index in [9.17, 15) is 0 Å². The molecule has 0 amide bonds. The van der Waals surface area contributed by atoms with Gasteiger partial charge < -0.3 is 10.1 Å². The fourth-order valence-electron chi connectivity index (χ4n) is 1.36. The van der Waals surface area contributed by atoms with Crippen LogP contribution in [-0.4, -0.2) is 45.8 Å². The third-order valence-electron chi connectivity index (χ3n) is 2.23. The molecule has 5 nitrogen and oxygen atoms in total. The van der Waals surface area contributed by atoms with Crippen LogP contribution in [0.4, 0.5) is 0 Å². The molecule has 0 saturated carbocycles. The number of nitrogens with one attached hydrogen (secondary N) is 1. The van der Waals surface area contributed by atoms with E-state index in [-0.39, 0.29) is 0 Å². The van der Waals surface area contributed by atoms with Crippen LogP contribution in [0.5, 0.6) is 0 Å². The lowest BCUT2D eigenvalue weighted by molar-refractivity contribution is 0.199. The van der Waals surface area contributed by atoms with Gasteiger partial charge in [-0.2, -0.15) is 11.8 Å². The molecule has 6 heteroatoms. The van der Waals surface area contributed by atoms with Crippen LogP contribution >= 0.6 is 11.8 Å². The molecule has 1 aromatic heterocycles. The Hall–Kier alpha value is -0.590. The van der Waals surface area contributed by atoms with E-state index in [0.717, 1.165) is 37.7 Å². The highest BCUT2D eigenvalue weighted by Crippen LogP contribution is 2.22. The van der Waals surface area contributed by atoms with Crippen LogP contribution in [0.1, 0.15) is 26.5 Å². The molecule has 0 aliphatic rings. The van der Waals surface area contributed by atoms with Gasteiger partial charge in [-0.25, -0.2) is 0 Å². The van der Waals surface area contributed by atoms with Crippen molar-refractivity contribution < 1.29 is 4.74 Å². The molecular weight excluding hydrogens is 248 g/mol. The van der Waals surface area contributed by atoms with Gasteiger partial charge >= 0.3 is 0 Å². The number of hydrogen-bond donors (Lipinski definition) is 1. The Morgan fingerprint density at radius 1 is 1.44 bits per heavy atom. The van der Waals surface area contributed by atoms with Gasteiger partial charge in [-0.15, -0.1) is 5.10 Å². The maximum absolute atomic E-state index is 4.96. The first-order valence-electron chi connectivity index (χ1n) is 6.24. The zero-order valence-corrected chi connectivity index (χ0v) is 12.6. The van der Waals surface area contributed by atoms with Gasteiger partial charge in [-0.05, 0) is 0 Å². The minimum Gasteiger partial charge on any atom is -0.383 e. The Morgan fingerprint density at radius 2 is 2.22 bits per heavy atom. The summed E-state index contributed by atoms with van der Waals surface area (Å²) in [5.41, 5.74) is 0.979. The monoisotopic (exact) mass is 272 g/mol. The predicted octanol–water partition coefficient (Wildman–Crippen LogP) is 1.55. The molecule has 0 spiro atoms. The van der Waals surface area contributed by atoms with E-state index < -0.39 is 0 Å². The van der Waals surface area contributed by atoms with Crippen molar-refractivity contribution in [1.29, 1.82) is 0 Å². The van der Waals surface area contributed by atoms with Crippen molar-refractivity contribution in [3.8, 4) is 0 Å². The van der Waals surface area contributed by atoms with Crippen LogP contribution in [0.15, 0.2) is 6.20 Å². The van der Waals surface area contributed by atoms with Crippen LogP contribution in [-0.2, 0) is 17.8 Å². The first-order valence-corrected chi connectivity index (χ1v) is 7.22. The molecule has 0 unspecified atom stereocenters. The quantitative estimate of drug-likeness (QED) is 0.728. The molecule has 0 aliphatic carbocycles. The molecule has 0 radical (unpaired) electrons. The van der Waals surface area contributed by atoms with Gasteiger partial charge in [0.2, 0.25) is 0 Å². The highest BCUT2D eigenvalue weighted by atomic mass is 32.2. The number of rotatable bonds is 8. The lowest BCUT2D eigenvalue weighted by atomic mass is 10.3. The van der Waals surface area contributed by atoms with E-state index in [0.29, 0.717) is 4.75 Å². The largest absolute Gasteiger partial charge is 0.383 e. The standard InChI is InChI=1S/C12H24N4OS/c1-12(2,3)18-8-6-16-10-11(14-15-16)9-13-5-7-17-4/h10,13H,5-9H2,1-4H3. The summed E-state index contributed by atoms with van der Waals surface area (Å²) in [7, 11) is 1.70. The summed E-state index contributed by atoms with van der Waals surface area (Å²) in [6.07, 6.45) is 2.00. The SMILES string of the molecule is COCCNCc1cn(CCSC(C)(C)C)nn1. The Balaban J connectivity index is 2.21. The Bertz CT molecular complexity index is 335. The molecule has 0 atom stereocenters. The molecule has 0 aliphatic heterocycles. The maximum atomic E-state index is 4.96. The Labute approximate surface area is 114 Å². The van der Waals surface area contributed by atoms with Crippen molar-refractivity contribution in [3.63, 3.8) is 0 Å². The number of methoxy groups -OCH3 is 1. The lowest BCUT2D eigenvalue weighted by Gasteiger charge is -2.16. The number of aromatic nitrogens is 3. The minimum atomic E-state index is 0.311. The van der Waals surface area contributed by atoms with Crippen LogP contribution < -0.4 is 5.32 Å².